The van der Waals surface area contributed by atoms with Gasteiger partial charge >= 0.3 is 10.3 Å². The Morgan fingerprint density at radius 3 is 2.85 bits per heavy atom. The minimum atomic E-state index is -3.92. The molecule has 0 atom stereocenters. The van der Waals surface area contributed by atoms with E-state index < -0.39 is 10.3 Å². The number of aromatic nitrogens is 1. The van der Waals surface area contributed by atoms with Gasteiger partial charge in [0.2, 0.25) is 0 Å². The predicted molar refractivity (Wildman–Crippen MR) is 47.1 cm³/mol. The fourth-order valence-electron chi connectivity index (χ4n) is 0.667. The van der Waals surface area contributed by atoms with Gasteiger partial charge < -0.3 is 0 Å². The van der Waals surface area contributed by atoms with Crippen molar-refractivity contribution in [1.82, 2.24) is 4.98 Å². The Morgan fingerprint density at radius 2 is 2.31 bits per heavy atom. The molecule has 72 valence electrons. The molecule has 0 aromatic carbocycles. The quantitative estimate of drug-likeness (QED) is 0.805. The van der Waals surface area contributed by atoms with Gasteiger partial charge in [-0.3, -0.25) is 9.17 Å². The van der Waals surface area contributed by atoms with Crippen LogP contribution in [0.25, 0.3) is 0 Å². The Bertz CT molecular complexity index is 393. The van der Waals surface area contributed by atoms with E-state index in [4.69, 9.17) is 11.6 Å². The molecular weight excluding hydrogens is 216 g/mol. The molecule has 1 rings (SSSR count). The zero-order valence-electron chi connectivity index (χ0n) is 6.47. The SMILES string of the molecule is NS(=O)(=O)OCc1ccncc1Cl. The fourth-order valence-corrected chi connectivity index (χ4v) is 1.13. The van der Waals surface area contributed by atoms with E-state index in [9.17, 15) is 8.42 Å². The van der Waals surface area contributed by atoms with Crippen LogP contribution in [0.4, 0.5) is 0 Å². The van der Waals surface area contributed by atoms with Gasteiger partial charge in [-0.1, -0.05) is 11.6 Å². The number of halogens is 1. The first-order chi connectivity index (χ1) is 5.99. The van der Waals surface area contributed by atoms with Crippen molar-refractivity contribution in [3.8, 4) is 0 Å². The van der Waals surface area contributed by atoms with Crippen LogP contribution in [0.3, 0.4) is 0 Å². The average molecular weight is 223 g/mol. The summed E-state index contributed by atoms with van der Waals surface area (Å²) in [7, 11) is -3.92. The minimum absolute atomic E-state index is 0.180. The van der Waals surface area contributed by atoms with Crippen LogP contribution in [-0.4, -0.2) is 13.4 Å². The van der Waals surface area contributed by atoms with Crippen LogP contribution in [0.15, 0.2) is 18.5 Å². The molecule has 0 fully saturated rings. The molecule has 1 aromatic heterocycles. The van der Waals surface area contributed by atoms with Crippen LogP contribution in [0.1, 0.15) is 5.56 Å². The highest BCUT2D eigenvalue weighted by Gasteiger charge is 2.05. The molecule has 0 saturated heterocycles. The van der Waals surface area contributed by atoms with E-state index in [1.54, 1.807) is 6.07 Å². The van der Waals surface area contributed by atoms with Gasteiger partial charge in [-0.05, 0) is 6.07 Å². The normalized spacial score (nSPS) is 11.5. The summed E-state index contributed by atoms with van der Waals surface area (Å²) in [6, 6.07) is 1.55. The molecule has 0 aliphatic rings. The number of nitrogens with two attached hydrogens (primary N) is 1. The lowest BCUT2D eigenvalue weighted by Crippen LogP contribution is -2.15. The molecule has 0 spiro atoms. The van der Waals surface area contributed by atoms with Crippen molar-refractivity contribution >= 4 is 21.9 Å². The molecule has 13 heavy (non-hydrogen) atoms. The summed E-state index contributed by atoms with van der Waals surface area (Å²) in [5, 5.41) is 4.96. The van der Waals surface area contributed by atoms with E-state index in [0.29, 0.717) is 10.6 Å². The zero-order valence-corrected chi connectivity index (χ0v) is 8.05. The molecule has 7 heteroatoms. The van der Waals surface area contributed by atoms with Crippen molar-refractivity contribution in [3.63, 3.8) is 0 Å². The molecule has 0 radical (unpaired) electrons. The van der Waals surface area contributed by atoms with E-state index in [0.717, 1.165) is 0 Å². The van der Waals surface area contributed by atoms with Crippen LogP contribution in [-0.2, 0) is 21.1 Å². The van der Waals surface area contributed by atoms with Gasteiger partial charge in [-0.25, -0.2) is 5.14 Å². The van der Waals surface area contributed by atoms with E-state index in [1.807, 2.05) is 0 Å². The van der Waals surface area contributed by atoms with Crippen LogP contribution in [0.5, 0.6) is 0 Å². The summed E-state index contributed by atoms with van der Waals surface area (Å²) in [6.45, 7) is -0.180. The third-order valence-electron chi connectivity index (χ3n) is 1.24. The van der Waals surface area contributed by atoms with Crippen molar-refractivity contribution in [2.45, 2.75) is 6.61 Å². The molecule has 5 nitrogen and oxygen atoms in total. The lowest BCUT2D eigenvalue weighted by Gasteiger charge is -2.02. The van der Waals surface area contributed by atoms with Crippen LogP contribution >= 0.6 is 11.6 Å². The molecule has 1 heterocycles. The summed E-state index contributed by atoms with van der Waals surface area (Å²) in [5.74, 6) is 0. The zero-order chi connectivity index (χ0) is 9.90. The molecular formula is C6H7ClN2O3S. The highest BCUT2D eigenvalue weighted by Crippen LogP contribution is 2.14. The van der Waals surface area contributed by atoms with Crippen molar-refractivity contribution in [3.05, 3.63) is 29.0 Å². The van der Waals surface area contributed by atoms with Gasteiger partial charge in [0, 0.05) is 18.0 Å². The summed E-state index contributed by atoms with van der Waals surface area (Å²) >= 11 is 5.67. The molecule has 0 unspecified atom stereocenters. The number of nitrogens with zero attached hydrogens (tertiary/aromatic N) is 1. The summed E-state index contributed by atoms with van der Waals surface area (Å²) < 4.78 is 25.2. The Balaban J connectivity index is 2.71. The van der Waals surface area contributed by atoms with Gasteiger partial charge in [0.25, 0.3) is 0 Å². The monoisotopic (exact) mass is 222 g/mol. The second kappa shape index (κ2) is 4.01. The van der Waals surface area contributed by atoms with Gasteiger partial charge in [-0.15, -0.1) is 0 Å². The Hall–Kier alpha value is -0.690. The highest BCUT2D eigenvalue weighted by atomic mass is 35.5. The second-order valence-electron chi connectivity index (χ2n) is 2.22. The average Bonchev–Trinajstić information content (AvgIpc) is 2.01. The van der Waals surface area contributed by atoms with Crippen molar-refractivity contribution in [1.29, 1.82) is 0 Å². The van der Waals surface area contributed by atoms with Gasteiger partial charge in [-0.2, -0.15) is 8.42 Å². The third-order valence-corrected chi connectivity index (χ3v) is 2.02. The Labute approximate surface area is 80.7 Å². The lowest BCUT2D eigenvalue weighted by molar-refractivity contribution is 0.308. The van der Waals surface area contributed by atoms with Crippen LogP contribution in [0.2, 0.25) is 5.02 Å². The highest BCUT2D eigenvalue weighted by molar-refractivity contribution is 7.84. The fraction of sp³-hybridized carbons (Fsp3) is 0.167. The summed E-state index contributed by atoms with van der Waals surface area (Å²) in [4.78, 5) is 3.72. The lowest BCUT2D eigenvalue weighted by atomic mass is 10.3. The van der Waals surface area contributed by atoms with Crippen molar-refractivity contribution in [2.24, 2.45) is 5.14 Å². The number of hydrogen-bond donors (Lipinski definition) is 1. The molecule has 0 saturated carbocycles. The van der Waals surface area contributed by atoms with Crippen LogP contribution < -0.4 is 5.14 Å². The maximum absolute atomic E-state index is 10.4. The first-order valence-corrected chi connectivity index (χ1v) is 5.09. The smallest absolute Gasteiger partial charge is 0.263 e. The maximum atomic E-state index is 10.4. The second-order valence-corrected chi connectivity index (χ2v) is 3.85. The van der Waals surface area contributed by atoms with Gasteiger partial charge in [0.1, 0.15) is 0 Å². The first-order valence-electron chi connectivity index (χ1n) is 3.24. The molecule has 0 aliphatic heterocycles. The first kappa shape index (κ1) is 10.4. The molecule has 1 aromatic rings. The van der Waals surface area contributed by atoms with Crippen molar-refractivity contribution < 1.29 is 12.6 Å². The minimum Gasteiger partial charge on any atom is -0.263 e. The van der Waals surface area contributed by atoms with E-state index in [-0.39, 0.29) is 6.61 Å². The van der Waals surface area contributed by atoms with E-state index in [1.165, 1.54) is 12.4 Å². The molecule has 0 bridgehead atoms. The van der Waals surface area contributed by atoms with Crippen molar-refractivity contribution in [2.75, 3.05) is 0 Å². The molecule has 0 aliphatic carbocycles. The third kappa shape index (κ3) is 3.69. The summed E-state index contributed by atoms with van der Waals surface area (Å²) in [6.07, 6.45) is 2.87. The van der Waals surface area contributed by atoms with Gasteiger partial charge in [0.05, 0.1) is 11.6 Å². The molecule has 2 N–H and O–H groups in total. The topological polar surface area (TPSA) is 82.3 Å². The number of pyridine rings is 1. The Kier molecular flexibility index (Phi) is 3.21. The Morgan fingerprint density at radius 1 is 1.62 bits per heavy atom. The van der Waals surface area contributed by atoms with E-state index in [2.05, 4.69) is 14.3 Å². The maximum Gasteiger partial charge on any atom is 0.333 e. The standard InChI is InChI=1S/C6H7ClN2O3S/c7-6-3-9-2-1-5(6)4-12-13(8,10)11/h1-3H,4H2,(H2,8,10,11). The van der Waals surface area contributed by atoms with Crippen LogP contribution in [0, 0.1) is 0 Å². The number of rotatable bonds is 3. The van der Waals surface area contributed by atoms with E-state index >= 15 is 0 Å². The van der Waals surface area contributed by atoms with Gasteiger partial charge in [0.15, 0.2) is 0 Å². The largest absolute Gasteiger partial charge is 0.333 e. The number of hydrogen-bond acceptors (Lipinski definition) is 4. The predicted octanol–water partition coefficient (Wildman–Crippen LogP) is 0.455. The molecule has 0 amide bonds. The summed E-state index contributed by atoms with van der Waals surface area (Å²) in [5.41, 5.74) is 0.519.